The average Bonchev–Trinajstić information content (AvgIpc) is 2.71. The Bertz CT molecular complexity index is 772. The molecule has 2 aromatic rings. The molecule has 0 aliphatic carbocycles. The molecule has 0 heterocycles. The molecular weight excluding hydrogens is 392 g/mol. The Kier molecular flexibility index (Phi) is 9.27. The summed E-state index contributed by atoms with van der Waals surface area (Å²) in [6.07, 6.45) is 0. The first-order chi connectivity index (χ1) is 13.3. The first-order valence-electron chi connectivity index (χ1n) is 9.19. The fourth-order valence-corrected chi connectivity index (χ4v) is 2.87. The Morgan fingerprint density at radius 3 is 2.10 bits per heavy atom. The number of carbonyl (C=O) groups is 1. The highest BCUT2D eigenvalue weighted by Crippen LogP contribution is 2.39. The van der Waals surface area contributed by atoms with Crippen LogP contribution >= 0.6 is 12.4 Å². The molecular formula is C22H31ClN2O4. The number of hydrogen-bond donors (Lipinski definition) is 1. The molecule has 0 aliphatic rings. The molecule has 0 aliphatic heterocycles. The Morgan fingerprint density at radius 1 is 1.07 bits per heavy atom. The van der Waals surface area contributed by atoms with Crippen LogP contribution in [0.4, 0.5) is 0 Å². The van der Waals surface area contributed by atoms with Gasteiger partial charge >= 0.3 is 0 Å². The molecule has 2 aromatic carbocycles. The van der Waals surface area contributed by atoms with Crippen LogP contribution in [0, 0.1) is 5.41 Å². The van der Waals surface area contributed by atoms with Crippen molar-refractivity contribution in [3.63, 3.8) is 0 Å². The maximum atomic E-state index is 12.9. The number of nitrogens with zero attached hydrogens (tertiary/aromatic N) is 1. The van der Waals surface area contributed by atoms with Gasteiger partial charge in [0.25, 0.3) is 5.91 Å². The molecule has 0 unspecified atom stereocenters. The summed E-state index contributed by atoms with van der Waals surface area (Å²) in [5.74, 6) is 1.23. The minimum Gasteiger partial charge on any atom is -0.493 e. The molecule has 1 amide bonds. The number of benzene rings is 2. The largest absolute Gasteiger partial charge is 0.493 e. The Morgan fingerprint density at radius 2 is 1.62 bits per heavy atom. The van der Waals surface area contributed by atoms with Gasteiger partial charge in [0.2, 0.25) is 5.75 Å². The SMILES string of the molecule is COc1cc(C(=O)N(C)CC(C)(C)CN)cc(OC)c1OCc1ccccc1.Cl. The van der Waals surface area contributed by atoms with E-state index in [0.717, 1.165) is 5.56 Å². The zero-order valence-electron chi connectivity index (χ0n) is 17.7. The van der Waals surface area contributed by atoms with Crippen molar-refractivity contribution < 1.29 is 19.0 Å². The number of hydrogen-bond acceptors (Lipinski definition) is 5. The predicted octanol–water partition coefficient (Wildman–Crippen LogP) is 3.76. The third kappa shape index (κ3) is 6.54. The second kappa shape index (κ2) is 10.9. The molecule has 160 valence electrons. The minimum atomic E-state index is -0.169. The van der Waals surface area contributed by atoms with Gasteiger partial charge < -0.3 is 24.8 Å². The Labute approximate surface area is 179 Å². The van der Waals surface area contributed by atoms with Gasteiger partial charge in [0.15, 0.2) is 11.5 Å². The van der Waals surface area contributed by atoms with Crippen molar-refractivity contribution in [1.82, 2.24) is 4.90 Å². The number of rotatable bonds is 9. The van der Waals surface area contributed by atoms with E-state index in [1.165, 1.54) is 0 Å². The fraction of sp³-hybridized carbons (Fsp3) is 0.409. The quantitative estimate of drug-likeness (QED) is 0.666. The van der Waals surface area contributed by atoms with Crippen LogP contribution < -0.4 is 19.9 Å². The monoisotopic (exact) mass is 422 g/mol. The molecule has 0 aromatic heterocycles. The lowest BCUT2D eigenvalue weighted by Crippen LogP contribution is -2.39. The van der Waals surface area contributed by atoms with E-state index in [-0.39, 0.29) is 23.7 Å². The number of carbonyl (C=O) groups excluding carboxylic acids is 1. The van der Waals surface area contributed by atoms with Crippen LogP contribution in [0.25, 0.3) is 0 Å². The molecule has 0 saturated heterocycles. The summed E-state index contributed by atoms with van der Waals surface area (Å²) in [7, 11) is 4.85. The number of amides is 1. The lowest BCUT2D eigenvalue weighted by atomic mass is 9.93. The van der Waals surface area contributed by atoms with E-state index in [1.807, 2.05) is 44.2 Å². The van der Waals surface area contributed by atoms with Gasteiger partial charge in [-0.15, -0.1) is 12.4 Å². The van der Waals surface area contributed by atoms with E-state index in [1.54, 1.807) is 38.3 Å². The maximum Gasteiger partial charge on any atom is 0.253 e. The maximum absolute atomic E-state index is 12.9. The van der Waals surface area contributed by atoms with Gasteiger partial charge in [0.05, 0.1) is 14.2 Å². The van der Waals surface area contributed by atoms with Crippen LogP contribution in [0.5, 0.6) is 17.2 Å². The van der Waals surface area contributed by atoms with E-state index < -0.39 is 0 Å². The van der Waals surface area contributed by atoms with E-state index in [4.69, 9.17) is 19.9 Å². The van der Waals surface area contributed by atoms with Crippen molar-refractivity contribution in [1.29, 1.82) is 0 Å². The predicted molar refractivity (Wildman–Crippen MR) is 117 cm³/mol. The zero-order valence-corrected chi connectivity index (χ0v) is 18.5. The second-order valence-corrected chi connectivity index (χ2v) is 7.51. The summed E-state index contributed by atoms with van der Waals surface area (Å²) in [6.45, 7) is 5.45. The summed E-state index contributed by atoms with van der Waals surface area (Å²) < 4.78 is 16.9. The summed E-state index contributed by atoms with van der Waals surface area (Å²) in [6, 6.07) is 13.2. The van der Waals surface area contributed by atoms with E-state index in [9.17, 15) is 4.79 Å². The van der Waals surface area contributed by atoms with Crippen molar-refractivity contribution >= 4 is 18.3 Å². The van der Waals surface area contributed by atoms with Crippen molar-refractivity contribution in [2.75, 3.05) is 34.4 Å². The van der Waals surface area contributed by atoms with Gasteiger partial charge in [-0.3, -0.25) is 4.79 Å². The Hall–Kier alpha value is -2.44. The highest BCUT2D eigenvalue weighted by molar-refractivity contribution is 5.95. The summed E-state index contributed by atoms with van der Waals surface area (Å²) >= 11 is 0. The van der Waals surface area contributed by atoms with E-state index in [0.29, 0.717) is 42.5 Å². The average molecular weight is 423 g/mol. The van der Waals surface area contributed by atoms with E-state index in [2.05, 4.69) is 0 Å². The third-order valence-electron chi connectivity index (χ3n) is 4.50. The molecule has 0 fully saturated rings. The van der Waals surface area contributed by atoms with Gasteiger partial charge in [-0.2, -0.15) is 0 Å². The molecule has 7 heteroatoms. The van der Waals surface area contributed by atoms with Gasteiger partial charge in [0, 0.05) is 19.2 Å². The molecule has 0 radical (unpaired) electrons. The van der Waals surface area contributed by atoms with Crippen LogP contribution in [-0.2, 0) is 6.61 Å². The molecule has 29 heavy (non-hydrogen) atoms. The standard InChI is InChI=1S/C22H30N2O4.ClH/c1-22(2,14-23)15-24(3)21(25)17-11-18(26-4)20(19(12-17)27-5)28-13-16-9-7-6-8-10-16;/h6-12H,13-15,23H2,1-5H3;1H. The molecule has 2 N–H and O–H groups in total. The van der Waals surface area contributed by atoms with Gasteiger partial charge in [-0.1, -0.05) is 44.2 Å². The fourth-order valence-electron chi connectivity index (χ4n) is 2.87. The zero-order chi connectivity index (χ0) is 20.7. The normalized spacial score (nSPS) is 10.7. The molecule has 0 spiro atoms. The lowest BCUT2D eigenvalue weighted by Gasteiger charge is -2.29. The molecule has 0 saturated carbocycles. The van der Waals surface area contributed by atoms with Crippen LogP contribution in [0.2, 0.25) is 0 Å². The van der Waals surface area contributed by atoms with Crippen molar-refractivity contribution in [2.24, 2.45) is 11.1 Å². The van der Waals surface area contributed by atoms with Crippen LogP contribution in [0.3, 0.4) is 0 Å². The summed E-state index contributed by atoms with van der Waals surface area (Å²) in [4.78, 5) is 14.6. The van der Waals surface area contributed by atoms with Crippen molar-refractivity contribution in [3.05, 3.63) is 53.6 Å². The van der Waals surface area contributed by atoms with Crippen LogP contribution in [0.1, 0.15) is 29.8 Å². The molecule has 2 rings (SSSR count). The first kappa shape index (κ1) is 24.6. The first-order valence-corrected chi connectivity index (χ1v) is 9.19. The highest BCUT2D eigenvalue weighted by atomic mass is 35.5. The second-order valence-electron chi connectivity index (χ2n) is 7.51. The van der Waals surface area contributed by atoms with Crippen LogP contribution in [0.15, 0.2) is 42.5 Å². The highest BCUT2D eigenvalue weighted by Gasteiger charge is 2.24. The van der Waals surface area contributed by atoms with Gasteiger partial charge in [0.1, 0.15) is 6.61 Å². The Balaban J connectivity index is 0.00000420. The number of methoxy groups -OCH3 is 2. The van der Waals surface area contributed by atoms with Crippen molar-refractivity contribution in [3.8, 4) is 17.2 Å². The third-order valence-corrected chi connectivity index (χ3v) is 4.50. The lowest BCUT2D eigenvalue weighted by molar-refractivity contribution is 0.0739. The minimum absolute atomic E-state index is 0. The van der Waals surface area contributed by atoms with Crippen LogP contribution in [-0.4, -0.2) is 45.2 Å². The number of ether oxygens (including phenoxy) is 3. The topological polar surface area (TPSA) is 74.0 Å². The van der Waals surface area contributed by atoms with Gasteiger partial charge in [-0.25, -0.2) is 0 Å². The summed E-state index contributed by atoms with van der Waals surface area (Å²) in [5, 5.41) is 0. The summed E-state index contributed by atoms with van der Waals surface area (Å²) in [5.41, 5.74) is 7.11. The molecule has 0 bridgehead atoms. The molecule has 0 atom stereocenters. The van der Waals surface area contributed by atoms with Crippen molar-refractivity contribution in [2.45, 2.75) is 20.5 Å². The smallest absolute Gasteiger partial charge is 0.253 e. The van der Waals surface area contributed by atoms with Gasteiger partial charge in [-0.05, 0) is 29.7 Å². The van der Waals surface area contributed by atoms with E-state index >= 15 is 0 Å². The number of nitrogens with two attached hydrogens (primary N) is 1. The number of halogens is 1. The molecule has 6 nitrogen and oxygen atoms in total.